The third-order valence-electron chi connectivity index (χ3n) is 9.62. The van der Waals surface area contributed by atoms with Gasteiger partial charge in [-0.05, 0) is 68.8 Å². The summed E-state index contributed by atoms with van der Waals surface area (Å²) in [5, 5.41) is 3.73. The minimum absolute atomic E-state index is 0.0381. The lowest BCUT2D eigenvalue weighted by molar-refractivity contribution is 0.759. The Morgan fingerprint density at radius 2 is 1.30 bits per heavy atom. The van der Waals surface area contributed by atoms with Crippen molar-refractivity contribution in [2.24, 2.45) is 5.92 Å². The van der Waals surface area contributed by atoms with E-state index >= 15 is 0 Å². The van der Waals surface area contributed by atoms with E-state index in [4.69, 9.17) is 4.98 Å². The molecule has 218 valence electrons. The van der Waals surface area contributed by atoms with Crippen molar-refractivity contribution in [3.63, 3.8) is 0 Å². The van der Waals surface area contributed by atoms with Crippen molar-refractivity contribution in [3.8, 4) is 33.4 Å². The van der Waals surface area contributed by atoms with E-state index in [1.807, 2.05) is 22.6 Å². The number of benzene rings is 6. The van der Waals surface area contributed by atoms with Crippen LogP contribution in [-0.2, 0) is 0 Å². The van der Waals surface area contributed by atoms with E-state index in [1.54, 1.807) is 0 Å². The molecule has 0 fully saturated rings. The van der Waals surface area contributed by atoms with Crippen molar-refractivity contribution in [3.05, 3.63) is 162 Å². The molecule has 0 amide bonds. The van der Waals surface area contributed by atoms with Gasteiger partial charge in [0.1, 0.15) is 5.65 Å². The molecule has 9 rings (SSSR count). The fourth-order valence-corrected chi connectivity index (χ4v) is 7.47. The summed E-state index contributed by atoms with van der Waals surface area (Å²) in [5.41, 5.74) is 11.5. The Kier molecular flexibility index (Phi) is 6.01. The number of fused-ring (bicyclic) bond motifs is 4. The van der Waals surface area contributed by atoms with Gasteiger partial charge in [-0.3, -0.25) is 9.20 Å². The topological polar surface area (TPSA) is 34.4 Å². The summed E-state index contributed by atoms with van der Waals surface area (Å²) in [5.74, 6) is 0.296. The van der Waals surface area contributed by atoms with Crippen molar-refractivity contribution in [1.82, 2.24) is 9.38 Å². The van der Waals surface area contributed by atoms with E-state index in [1.165, 1.54) is 5.57 Å². The van der Waals surface area contributed by atoms with Gasteiger partial charge in [0.2, 0.25) is 0 Å². The smallest absolute Gasteiger partial charge is 0.264 e. The zero-order chi connectivity index (χ0) is 30.8. The molecule has 2 heterocycles. The maximum absolute atomic E-state index is 14.7. The van der Waals surface area contributed by atoms with Gasteiger partial charge in [-0.1, -0.05) is 140 Å². The first kappa shape index (κ1) is 26.6. The normalized spacial score (nSPS) is 14.9. The maximum atomic E-state index is 14.7. The first-order valence-electron chi connectivity index (χ1n) is 15.9. The average molecular weight is 591 g/mol. The summed E-state index contributed by atoms with van der Waals surface area (Å²) in [4.78, 5) is 20.1. The first-order chi connectivity index (χ1) is 22.7. The van der Waals surface area contributed by atoms with Gasteiger partial charge >= 0.3 is 0 Å². The first-order valence-corrected chi connectivity index (χ1v) is 15.9. The van der Waals surface area contributed by atoms with Crippen LogP contribution in [0.1, 0.15) is 18.9 Å². The number of hydrogen-bond acceptors (Lipinski definition) is 2. The Hall–Kier alpha value is -5.80. The molecule has 2 aromatic heterocycles. The molecule has 6 aromatic carbocycles. The van der Waals surface area contributed by atoms with Crippen LogP contribution in [0.3, 0.4) is 0 Å². The summed E-state index contributed by atoms with van der Waals surface area (Å²) in [6, 6.07) is 44.2. The molecule has 3 nitrogen and oxygen atoms in total. The van der Waals surface area contributed by atoms with Crippen molar-refractivity contribution in [2.45, 2.75) is 13.3 Å². The highest BCUT2D eigenvalue weighted by atomic mass is 16.1. The largest absolute Gasteiger partial charge is 0.268 e. The molecular formula is C43H30N2O. The van der Waals surface area contributed by atoms with Gasteiger partial charge in [-0.15, -0.1) is 0 Å². The third-order valence-corrected chi connectivity index (χ3v) is 9.62. The Bertz CT molecular complexity index is 2560. The summed E-state index contributed by atoms with van der Waals surface area (Å²) in [7, 11) is 0. The molecule has 0 saturated heterocycles. The molecule has 0 saturated carbocycles. The molecule has 0 N–H and O–H groups in total. The van der Waals surface area contributed by atoms with Crippen LogP contribution in [0.2, 0.25) is 0 Å². The molecular weight excluding hydrogens is 560 g/mol. The molecule has 0 spiro atoms. The SMILES string of the molecule is CC1CC=CC=C1c1c(-c2ccccc2)c(-c2ccccc2)cc2c1nc1c3cccc4c(-c5ccccc5)ccc(c(=O)n21)c43. The second kappa shape index (κ2) is 10.4. The zero-order valence-electron chi connectivity index (χ0n) is 25.4. The van der Waals surface area contributed by atoms with Gasteiger partial charge in [0.05, 0.1) is 11.0 Å². The van der Waals surface area contributed by atoms with Gasteiger partial charge < -0.3 is 0 Å². The number of hydrogen-bond donors (Lipinski definition) is 0. The van der Waals surface area contributed by atoms with Crippen LogP contribution in [0.15, 0.2) is 150 Å². The summed E-state index contributed by atoms with van der Waals surface area (Å²) in [6.45, 7) is 2.29. The van der Waals surface area contributed by atoms with Crippen LogP contribution in [0, 0.1) is 5.92 Å². The number of pyridine rings is 1. The Morgan fingerprint density at radius 1 is 0.652 bits per heavy atom. The monoisotopic (exact) mass is 590 g/mol. The van der Waals surface area contributed by atoms with Crippen LogP contribution in [0.4, 0.5) is 0 Å². The average Bonchev–Trinajstić information content (AvgIpc) is 3.51. The van der Waals surface area contributed by atoms with Crippen LogP contribution < -0.4 is 5.56 Å². The Morgan fingerprint density at radius 3 is 2.00 bits per heavy atom. The quantitative estimate of drug-likeness (QED) is 0.204. The third kappa shape index (κ3) is 3.92. The predicted octanol–water partition coefficient (Wildman–Crippen LogP) is 10.6. The van der Waals surface area contributed by atoms with E-state index < -0.39 is 0 Å². The molecule has 0 radical (unpaired) electrons. The van der Waals surface area contributed by atoms with Crippen LogP contribution in [-0.4, -0.2) is 9.38 Å². The molecule has 1 aliphatic rings. The van der Waals surface area contributed by atoms with Gasteiger partial charge in [-0.2, -0.15) is 0 Å². The summed E-state index contributed by atoms with van der Waals surface area (Å²) in [6.07, 6.45) is 7.59. The second-order valence-electron chi connectivity index (χ2n) is 12.3. The van der Waals surface area contributed by atoms with E-state index in [-0.39, 0.29) is 5.56 Å². The molecule has 1 unspecified atom stereocenters. The Labute approximate surface area is 266 Å². The van der Waals surface area contributed by atoms with Crippen LogP contribution in [0.25, 0.3) is 77.2 Å². The highest BCUT2D eigenvalue weighted by Crippen LogP contribution is 2.46. The number of imidazole rings is 1. The second-order valence-corrected chi connectivity index (χ2v) is 12.3. The number of allylic oxidation sites excluding steroid dienone is 4. The standard InChI is InChI=1S/C43H30N2O/c1-27-14-11-12-21-31(27)40-38(30-19-9-4-10-20-30)36(29-17-7-3-8-18-29)26-37-41(40)44-42-34-23-13-22-33-32(28-15-5-2-6-16-28)24-25-35(39(33)34)43(46)45(37)42/h2-13,15-27H,14H2,1H3. The highest BCUT2D eigenvalue weighted by molar-refractivity contribution is 6.19. The van der Waals surface area contributed by atoms with Gasteiger partial charge in [0.15, 0.2) is 0 Å². The van der Waals surface area contributed by atoms with E-state index in [9.17, 15) is 4.79 Å². The van der Waals surface area contributed by atoms with Crippen molar-refractivity contribution in [1.29, 1.82) is 0 Å². The molecule has 8 aromatic rings. The molecule has 0 aliphatic heterocycles. The minimum Gasteiger partial charge on any atom is -0.268 e. The Balaban J connectivity index is 1.49. The van der Waals surface area contributed by atoms with Crippen molar-refractivity contribution < 1.29 is 0 Å². The van der Waals surface area contributed by atoms with Crippen LogP contribution >= 0.6 is 0 Å². The van der Waals surface area contributed by atoms with Crippen molar-refractivity contribution in [2.75, 3.05) is 0 Å². The molecule has 1 aliphatic carbocycles. The van der Waals surface area contributed by atoms with Gasteiger partial charge in [0.25, 0.3) is 5.56 Å². The number of aromatic nitrogens is 2. The fraction of sp³-hybridized carbons (Fsp3) is 0.0698. The lowest BCUT2D eigenvalue weighted by Crippen LogP contribution is -2.13. The van der Waals surface area contributed by atoms with E-state index in [0.29, 0.717) is 17.0 Å². The zero-order valence-corrected chi connectivity index (χ0v) is 25.4. The summed E-state index contributed by atoms with van der Waals surface area (Å²) >= 11 is 0. The molecule has 46 heavy (non-hydrogen) atoms. The summed E-state index contributed by atoms with van der Waals surface area (Å²) < 4.78 is 1.86. The van der Waals surface area contributed by atoms with Gasteiger partial charge in [-0.25, -0.2) is 4.98 Å². The number of rotatable bonds is 4. The maximum Gasteiger partial charge on any atom is 0.264 e. The molecule has 0 bridgehead atoms. The van der Waals surface area contributed by atoms with E-state index in [2.05, 4.69) is 134 Å². The number of nitrogens with zero attached hydrogens (tertiary/aromatic N) is 2. The van der Waals surface area contributed by atoms with Crippen LogP contribution in [0.5, 0.6) is 0 Å². The van der Waals surface area contributed by atoms with Crippen molar-refractivity contribution >= 4 is 43.8 Å². The molecule has 3 heteroatoms. The molecule has 1 atom stereocenters. The lowest BCUT2D eigenvalue weighted by Gasteiger charge is -2.23. The highest BCUT2D eigenvalue weighted by Gasteiger charge is 2.27. The lowest BCUT2D eigenvalue weighted by atomic mass is 9.80. The fourth-order valence-electron chi connectivity index (χ4n) is 7.47. The predicted molar refractivity (Wildman–Crippen MR) is 192 cm³/mol. The van der Waals surface area contributed by atoms with E-state index in [0.717, 1.165) is 72.6 Å². The van der Waals surface area contributed by atoms with Gasteiger partial charge in [0, 0.05) is 21.7 Å². The minimum atomic E-state index is -0.0381.